The van der Waals surface area contributed by atoms with E-state index in [4.69, 9.17) is 9.84 Å². The molecule has 1 aromatic rings. The van der Waals surface area contributed by atoms with E-state index < -0.39 is 0 Å². The Labute approximate surface area is 84.5 Å². The van der Waals surface area contributed by atoms with Crippen LogP contribution in [0.15, 0.2) is 24.3 Å². The number of rotatable bonds is 5. The molecule has 0 aromatic heterocycles. The normalized spacial score (nSPS) is 15.5. The third-order valence-electron chi connectivity index (χ3n) is 2.48. The average molecular weight is 192 g/mol. The molecule has 0 amide bonds. The number of hydrogen-bond donors (Lipinski definition) is 1. The minimum atomic E-state index is 0.200. The topological polar surface area (TPSA) is 29.5 Å². The van der Waals surface area contributed by atoms with E-state index in [9.17, 15) is 0 Å². The van der Waals surface area contributed by atoms with Crippen LogP contribution >= 0.6 is 0 Å². The van der Waals surface area contributed by atoms with Gasteiger partial charge in [0, 0.05) is 6.61 Å². The molecule has 14 heavy (non-hydrogen) atoms. The molecule has 0 saturated heterocycles. The lowest BCUT2D eigenvalue weighted by atomic mass is 10.1. The van der Waals surface area contributed by atoms with Crippen LogP contribution in [-0.2, 0) is 6.42 Å². The van der Waals surface area contributed by atoms with Gasteiger partial charge < -0.3 is 9.84 Å². The van der Waals surface area contributed by atoms with Crippen molar-refractivity contribution < 1.29 is 9.84 Å². The molecule has 1 N–H and O–H groups in total. The first-order valence-corrected chi connectivity index (χ1v) is 5.21. The summed E-state index contributed by atoms with van der Waals surface area (Å²) in [5, 5.41) is 8.80. The van der Waals surface area contributed by atoms with E-state index in [1.165, 1.54) is 12.8 Å². The summed E-state index contributed by atoms with van der Waals surface area (Å²) in [5.74, 6) is 1.72. The van der Waals surface area contributed by atoms with Crippen molar-refractivity contribution in [2.75, 3.05) is 13.2 Å². The smallest absolute Gasteiger partial charge is 0.119 e. The molecule has 2 rings (SSSR count). The molecule has 0 radical (unpaired) electrons. The molecule has 1 aliphatic rings. The maximum Gasteiger partial charge on any atom is 0.119 e. The van der Waals surface area contributed by atoms with Crippen molar-refractivity contribution in [2.24, 2.45) is 5.92 Å². The van der Waals surface area contributed by atoms with E-state index in [0.717, 1.165) is 23.8 Å². The first-order chi connectivity index (χ1) is 6.88. The second-order valence-corrected chi connectivity index (χ2v) is 3.88. The summed E-state index contributed by atoms with van der Waals surface area (Å²) in [4.78, 5) is 0. The van der Waals surface area contributed by atoms with Crippen LogP contribution in [0.2, 0.25) is 0 Å². The maximum atomic E-state index is 8.80. The molecule has 0 bridgehead atoms. The van der Waals surface area contributed by atoms with E-state index >= 15 is 0 Å². The minimum Gasteiger partial charge on any atom is -0.493 e. The zero-order valence-corrected chi connectivity index (χ0v) is 8.28. The molecule has 2 nitrogen and oxygen atoms in total. The summed E-state index contributed by atoms with van der Waals surface area (Å²) in [5.41, 5.74) is 1.14. The van der Waals surface area contributed by atoms with Gasteiger partial charge in [0.05, 0.1) is 6.61 Å². The molecule has 1 aliphatic carbocycles. The largest absolute Gasteiger partial charge is 0.493 e. The molecule has 1 saturated carbocycles. The van der Waals surface area contributed by atoms with E-state index in [1.807, 2.05) is 24.3 Å². The highest BCUT2D eigenvalue weighted by Gasteiger charge is 2.21. The van der Waals surface area contributed by atoms with Gasteiger partial charge in [0.15, 0.2) is 0 Å². The molecule has 0 unspecified atom stereocenters. The zero-order valence-electron chi connectivity index (χ0n) is 8.28. The van der Waals surface area contributed by atoms with Gasteiger partial charge in [-0.05, 0) is 42.9 Å². The number of ether oxygens (including phenoxy) is 1. The predicted octanol–water partition coefficient (Wildman–Crippen LogP) is 2.01. The Hall–Kier alpha value is -1.02. The highest BCUT2D eigenvalue weighted by atomic mass is 16.5. The summed E-state index contributed by atoms with van der Waals surface area (Å²) >= 11 is 0. The molecule has 0 aliphatic heterocycles. The molecule has 1 aromatic carbocycles. The number of hydrogen-bond acceptors (Lipinski definition) is 2. The summed E-state index contributed by atoms with van der Waals surface area (Å²) in [6.07, 6.45) is 3.34. The van der Waals surface area contributed by atoms with Crippen LogP contribution in [0, 0.1) is 5.92 Å². The molecule has 2 heteroatoms. The number of aliphatic hydroxyl groups is 1. The Balaban J connectivity index is 1.90. The Morgan fingerprint density at radius 2 is 2.21 bits per heavy atom. The van der Waals surface area contributed by atoms with Crippen LogP contribution in [-0.4, -0.2) is 18.3 Å². The van der Waals surface area contributed by atoms with Crippen molar-refractivity contribution in [3.8, 4) is 5.75 Å². The van der Waals surface area contributed by atoms with Gasteiger partial charge in [-0.1, -0.05) is 12.1 Å². The van der Waals surface area contributed by atoms with Gasteiger partial charge in [-0.3, -0.25) is 0 Å². The molecule has 1 fully saturated rings. The van der Waals surface area contributed by atoms with Crippen LogP contribution in [0.4, 0.5) is 0 Å². The summed E-state index contributed by atoms with van der Waals surface area (Å²) in [6.45, 7) is 1.05. The van der Waals surface area contributed by atoms with Crippen molar-refractivity contribution in [3.63, 3.8) is 0 Å². The standard InChI is InChI=1S/C12H16O2/c13-7-6-10-2-1-3-12(8-10)14-9-11-4-5-11/h1-3,8,11,13H,4-7,9H2. The van der Waals surface area contributed by atoms with Crippen molar-refractivity contribution in [3.05, 3.63) is 29.8 Å². The lowest BCUT2D eigenvalue weighted by Crippen LogP contribution is -1.99. The van der Waals surface area contributed by atoms with Gasteiger partial charge in [-0.2, -0.15) is 0 Å². The van der Waals surface area contributed by atoms with E-state index in [0.29, 0.717) is 6.42 Å². The fourth-order valence-corrected chi connectivity index (χ4v) is 1.42. The van der Waals surface area contributed by atoms with Gasteiger partial charge in [-0.25, -0.2) is 0 Å². The van der Waals surface area contributed by atoms with Crippen molar-refractivity contribution in [1.29, 1.82) is 0 Å². The van der Waals surface area contributed by atoms with Crippen LogP contribution in [0.1, 0.15) is 18.4 Å². The van der Waals surface area contributed by atoms with Gasteiger partial charge in [0.25, 0.3) is 0 Å². The fraction of sp³-hybridized carbons (Fsp3) is 0.500. The molecule has 0 spiro atoms. The van der Waals surface area contributed by atoms with Gasteiger partial charge >= 0.3 is 0 Å². The Morgan fingerprint density at radius 3 is 2.93 bits per heavy atom. The first kappa shape index (κ1) is 9.53. The molecule has 0 heterocycles. The van der Waals surface area contributed by atoms with Crippen molar-refractivity contribution >= 4 is 0 Å². The molecule has 76 valence electrons. The Kier molecular flexibility index (Phi) is 3.04. The van der Waals surface area contributed by atoms with E-state index in [1.54, 1.807) is 0 Å². The third-order valence-corrected chi connectivity index (χ3v) is 2.48. The lowest BCUT2D eigenvalue weighted by molar-refractivity contribution is 0.294. The summed E-state index contributed by atoms with van der Waals surface area (Å²) in [7, 11) is 0. The monoisotopic (exact) mass is 192 g/mol. The van der Waals surface area contributed by atoms with Crippen LogP contribution in [0.25, 0.3) is 0 Å². The minimum absolute atomic E-state index is 0.200. The first-order valence-electron chi connectivity index (χ1n) is 5.21. The van der Waals surface area contributed by atoms with Crippen LogP contribution < -0.4 is 4.74 Å². The highest BCUT2D eigenvalue weighted by Crippen LogP contribution is 2.29. The fourth-order valence-electron chi connectivity index (χ4n) is 1.42. The number of benzene rings is 1. The van der Waals surface area contributed by atoms with Crippen LogP contribution in [0.5, 0.6) is 5.75 Å². The number of aliphatic hydroxyl groups excluding tert-OH is 1. The Morgan fingerprint density at radius 1 is 1.36 bits per heavy atom. The van der Waals surface area contributed by atoms with Gasteiger partial charge in [0.1, 0.15) is 5.75 Å². The second-order valence-electron chi connectivity index (χ2n) is 3.88. The molecule has 0 atom stereocenters. The SMILES string of the molecule is OCCc1cccc(OCC2CC2)c1. The summed E-state index contributed by atoms with van der Waals surface area (Å²) < 4.78 is 5.64. The average Bonchev–Trinajstić information content (AvgIpc) is 2.99. The van der Waals surface area contributed by atoms with Crippen molar-refractivity contribution in [1.82, 2.24) is 0 Å². The van der Waals surface area contributed by atoms with Crippen molar-refractivity contribution in [2.45, 2.75) is 19.3 Å². The predicted molar refractivity (Wildman–Crippen MR) is 55.5 cm³/mol. The maximum absolute atomic E-state index is 8.80. The van der Waals surface area contributed by atoms with E-state index in [2.05, 4.69) is 0 Å². The van der Waals surface area contributed by atoms with Gasteiger partial charge in [0.2, 0.25) is 0 Å². The second kappa shape index (κ2) is 4.47. The zero-order chi connectivity index (χ0) is 9.80. The quantitative estimate of drug-likeness (QED) is 0.773. The van der Waals surface area contributed by atoms with E-state index in [-0.39, 0.29) is 6.61 Å². The van der Waals surface area contributed by atoms with Gasteiger partial charge in [-0.15, -0.1) is 0 Å². The molecular formula is C12H16O2. The highest BCUT2D eigenvalue weighted by molar-refractivity contribution is 5.28. The third kappa shape index (κ3) is 2.74. The van der Waals surface area contributed by atoms with Crippen LogP contribution in [0.3, 0.4) is 0 Å². The summed E-state index contributed by atoms with van der Waals surface area (Å²) in [6, 6.07) is 7.98. The lowest BCUT2D eigenvalue weighted by Gasteiger charge is -2.06. The molecular weight excluding hydrogens is 176 g/mol. The Bertz CT molecular complexity index is 292.